The first kappa shape index (κ1) is 16.1. The number of rotatable bonds is 5. The fraction of sp³-hybridized carbons (Fsp3) is 0.278. The number of hydrogen-bond acceptors (Lipinski definition) is 3. The largest absolute Gasteiger partial charge is 0.478 e. The summed E-state index contributed by atoms with van der Waals surface area (Å²) in [7, 11) is 0. The number of benzene rings is 1. The van der Waals surface area contributed by atoms with Crippen LogP contribution in [0.5, 0.6) is 0 Å². The van der Waals surface area contributed by atoms with Crippen LogP contribution >= 0.6 is 0 Å². The minimum Gasteiger partial charge on any atom is -0.478 e. The number of carboxylic acid groups (broad SMARTS) is 1. The molecule has 0 unspecified atom stereocenters. The Kier molecular flexibility index (Phi) is 4.29. The van der Waals surface area contributed by atoms with Crippen molar-refractivity contribution in [3.05, 3.63) is 59.3 Å². The third-order valence-corrected chi connectivity index (χ3v) is 3.82. The summed E-state index contributed by atoms with van der Waals surface area (Å²) in [5, 5.41) is 14.6. The lowest BCUT2D eigenvalue weighted by Gasteiger charge is -2.06. The van der Waals surface area contributed by atoms with Gasteiger partial charge < -0.3 is 5.11 Å². The summed E-state index contributed by atoms with van der Waals surface area (Å²) in [5.41, 5.74) is 2.25. The van der Waals surface area contributed by atoms with Crippen molar-refractivity contribution in [1.82, 2.24) is 14.8 Å². The summed E-state index contributed by atoms with van der Waals surface area (Å²) in [5.74, 6) is -0.957. The molecule has 0 saturated carbocycles. The maximum Gasteiger partial charge on any atom is 0.336 e. The molecule has 24 heavy (non-hydrogen) atoms. The Hall–Kier alpha value is -2.76. The second kappa shape index (κ2) is 6.39. The lowest BCUT2D eigenvalue weighted by Crippen LogP contribution is -2.07. The fourth-order valence-electron chi connectivity index (χ4n) is 2.79. The molecule has 1 aromatic carbocycles. The van der Waals surface area contributed by atoms with E-state index < -0.39 is 5.97 Å². The quantitative estimate of drug-likeness (QED) is 0.778. The lowest BCUT2D eigenvalue weighted by molar-refractivity contribution is 0.0695. The fourth-order valence-corrected chi connectivity index (χ4v) is 2.79. The first-order valence-corrected chi connectivity index (χ1v) is 7.77. The number of halogens is 1. The lowest BCUT2D eigenvalue weighted by atomic mass is 10.0. The van der Waals surface area contributed by atoms with Crippen LogP contribution in [-0.4, -0.2) is 25.8 Å². The van der Waals surface area contributed by atoms with E-state index in [-0.39, 0.29) is 11.4 Å². The van der Waals surface area contributed by atoms with Crippen LogP contribution in [0.2, 0.25) is 0 Å². The average molecular weight is 327 g/mol. The number of fused-ring (bicyclic) bond motifs is 1. The highest BCUT2D eigenvalue weighted by Crippen LogP contribution is 2.24. The number of pyridine rings is 1. The van der Waals surface area contributed by atoms with Crippen LogP contribution in [-0.2, 0) is 13.0 Å². The van der Waals surface area contributed by atoms with Crippen molar-refractivity contribution in [3.63, 3.8) is 0 Å². The summed E-state index contributed by atoms with van der Waals surface area (Å²) >= 11 is 0. The predicted molar refractivity (Wildman–Crippen MR) is 88.5 cm³/mol. The molecule has 3 rings (SSSR count). The molecule has 0 bridgehead atoms. The smallest absolute Gasteiger partial charge is 0.336 e. The molecule has 0 atom stereocenters. The minimum absolute atomic E-state index is 0.188. The molecule has 3 aromatic rings. The van der Waals surface area contributed by atoms with E-state index in [1.807, 2.05) is 4.68 Å². The van der Waals surface area contributed by atoms with Gasteiger partial charge >= 0.3 is 5.97 Å². The van der Waals surface area contributed by atoms with Gasteiger partial charge in [0.25, 0.3) is 0 Å². The molecule has 0 spiro atoms. The SMILES string of the molecule is CC(C)Cn1nc(Cc2cnccc2C(=O)O)c2cc(F)ccc21. The molecule has 0 amide bonds. The summed E-state index contributed by atoms with van der Waals surface area (Å²) < 4.78 is 15.5. The molecule has 0 radical (unpaired) electrons. The first-order valence-electron chi connectivity index (χ1n) is 7.77. The van der Waals surface area contributed by atoms with Crippen molar-refractivity contribution in [3.8, 4) is 0 Å². The number of carboxylic acids is 1. The zero-order valence-corrected chi connectivity index (χ0v) is 13.5. The van der Waals surface area contributed by atoms with Crippen molar-refractivity contribution in [2.45, 2.75) is 26.8 Å². The van der Waals surface area contributed by atoms with Crippen LogP contribution in [0.1, 0.15) is 35.5 Å². The molecule has 0 fully saturated rings. The molecule has 6 heteroatoms. The first-order chi connectivity index (χ1) is 11.5. The van der Waals surface area contributed by atoms with E-state index in [1.165, 1.54) is 30.6 Å². The zero-order valence-electron chi connectivity index (χ0n) is 13.5. The van der Waals surface area contributed by atoms with Crippen molar-refractivity contribution in [1.29, 1.82) is 0 Å². The van der Waals surface area contributed by atoms with E-state index in [9.17, 15) is 14.3 Å². The van der Waals surface area contributed by atoms with Gasteiger partial charge in [-0.1, -0.05) is 13.8 Å². The molecule has 0 aliphatic rings. The van der Waals surface area contributed by atoms with Gasteiger partial charge in [-0.05, 0) is 35.7 Å². The van der Waals surface area contributed by atoms with Crippen molar-refractivity contribution >= 4 is 16.9 Å². The van der Waals surface area contributed by atoms with E-state index in [2.05, 4.69) is 23.9 Å². The number of aromatic carboxylic acids is 1. The van der Waals surface area contributed by atoms with Gasteiger partial charge in [-0.15, -0.1) is 0 Å². The summed E-state index contributed by atoms with van der Waals surface area (Å²) in [6.07, 6.45) is 3.26. The van der Waals surface area contributed by atoms with Gasteiger partial charge in [0.2, 0.25) is 0 Å². The Labute approximate surface area is 138 Å². The Balaban J connectivity index is 2.10. The Morgan fingerprint density at radius 1 is 1.33 bits per heavy atom. The predicted octanol–water partition coefficient (Wildman–Crippen LogP) is 3.52. The minimum atomic E-state index is -1.01. The monoisotopic (exact) mass is 327 g/mol. The van der Waals surface area contributed by atoms with Crippen molar-refractivity contribution in [2.24, 2.45) is 5.92 Å². The van der Waals surface area contributed by atoms with Gasteiger partial charge in [0.05, 0.1) is 16.8 Å². The maximum absolute atomic E-state index is 13.7. The van der Waals surface area contributed by atoms with Crippen LogP contribution in [0.3, 0.4) is 0 Å². The zero-order chi connectivity index (χ0) is 17.3. The molecular weight excluding hydrogens is 309 g/mol. The molecule has 5 nitrogen and oxygen atoms in total. The number of hydrogen-bond donors (Lipinski definition) is 1. The molecule has 0 saturated heterocycles. The van der Waals surface area contributed by atoms with E-state index in [0.29, 0.717) is 35.5 Å². The van der Waals surface area contributed by atoms with Crippen LogP contribution < -0.4 is 0 Å². The van der Waals surface area contributed by atoms with E-state index in [1.54, 1.807) is 6.07 Å². The molecule has 2 aromatic heterocycles. The van der Waals surface area contributed by atoms with Crippen LogP contribution in [0.15, 0.2) is 36.7 Å². The second-order valence-electron chi connectivity index (χ2n) is 6.20. The van der Waals surface area contributed by atoms with Crippen LogP contribution in [0, 0.1) is 11.7 Å². The van der Waals surface area contributed by atoms with Gasteiger partial charge in [-0.3, -0.25) is 9.67 Å². The molecular formula is C18H18FN3O2. The second-order valence-corrected chi connectivity index (χ2v) is 6.20. The van der Waals surface area contributed by atoms with Crippen LogP contribution in [0.4, 0.5) is 4.39 Å². The highest BCUT2D eigenvalue weighted by atomic mass is 19.1. The van der Waals surface area contributed by atoms with E-state index in [0.717, 1.165) is 5.52 Å². The topological polar surface area (TPSA) is 68.0 Å². The molecule has 0 aliphatic heterocycles. The summed E-state index contributed by atoms with van der Waals surface area (Å²) in [6.45, 7) is 4.88. The third kappa shape index (κ3) is 3.13. The third-order valence-electron chi connectivity index (χ3n) is 3.82. The average Bonchev–Trinajstić information content (AvgIpc) is 2.84. The standard InChI is InChI=1S/C18H18FN3O2/c1-11(2)10-22-17-4-3-13(19)8-15(17)16(21-22)7-12-9-20-6-5-14(12)18(23)24/h3-6,8-9,11H,7,10H2,1-2H3,(H,23,24). The Morgan fingerprint density at radius 3 is 2.83 bits per heavy atom. The maximum atomic E-state index is 13.7. The number of aromatic nitrogens is 3. The summed E-state index contributed by atoms with van der Waals surface area (Å²) in [6, 6.07) is 6.04. The highest BCUT2D eigenvalue weighted by molar-refractivity contribution is 5.89. The van der Waals surface area contributed by atoms with E-state index in [4.69, 9.17) is 0 Å². The van der Waals surface area contributed by atoms with Crippen molar-refractivity contribution < 1.29 is 14.3 Å². The molecule has 1 N–H and O–H groups in total. The Bertz CT molecular complexity index is 902. The number of carbonyl (C=O) groups is 1. The normalized spacial score (nSPS) is 11.3. The molecule has 0 aliphatic carbocycles. The number of nitrogens with zero attached hydrogens (tertiary/aromatic N) is 3. The summed E-state index contributed by atoms with van der Waals surface area (Å²) in [4.78, 5) is 15.4. The van der Waals surface area contributed by atoms with E-state index >= 15 is 0 Å². The van der Waals surface area contributed by atoms with Gasteiger partial charge in [0.15, 0.2) is 0 Å². The van der Waals surface area contributed by atoms with Gasteiger partial charge in [0, 0.05) is 30.7 Å². The van der Waals surface area contributed by atoms with Gasteiger partial charge in [-0.25, -0.2) is 9.18 Å². The van der Waals surface area contributed by atoms with Crippen LogP contribution in [0.25, 0.3) is 10.9 Å². The van der Waals surface area contributed by atoms with Gasteiger partial charge in [0.1, 0.15) is 5.82 Å². The molecule has 124 valence electrons. The molecule has 2 heterocycles. The highest BCUT2D eigenvalue weighted by Gasteiger charge is 2.16. The Morgan fingerprint density at radius 2 is 2.12 bits per heavy atom. The van der Waals surface area contributed by atoms with Crippen molar-refractivity contribution in [2.75, 3.05) is 0 Å². The van der Waals surface area contributed by atoms with Gasteiger partial charge in [-0.2, -0.15) is 5.10 Å².